The Bertz CT molecular complexity index is 1070. The molecule has 2 aromatic carbocycles. The Morgan fingerprint density at radius 1 is 1.21 bits per heavy atom. The second kappa shape index (κ2) is 7.94. The van der Waals surface area contributed by atoms with Crippen LogP contribution < -0.4 is 0 Å². The first-order valence-electron chi connectivity index (χ1n) is 8.88. The summed E-state index contributed by atoms with van der Waals surface area (Å²) < 4.78 is 0. The van der Waals surface area contributed by atoms with Crippen LogP contribution in [-0.2, 0) is 6.54 Å². The summed E-state index contributed by atoms with van der Waals surface area (Å²) in [4.78, 5) is 29.9. The molecule has 0 spiro atoms. The largest absolute Gasteiger partial charge is 0.332 e. The van der Waals surface area contributed by atoms with Crippen molar-refractivity contribution in [3.8, 4) is 0 Å². The first kappa shape index (κ1) is 19.8. The zero-order chi connectivity index (χ0) is 20.4. The van der Waals surface area contributed by atoms with E-state index in [1.54, 1.807) is 24.0 Å². The maximum absolute atomic E-state index is 13.1. The lowest BCUT2D eigenvalue weighted by atomic mass is 10.1. The van der Waals surface area contributed by atoms with Crippen LogP contribution in [0.1, 0.15) is 35.3 Å². The van der Waals surface area contributed by atoms with Crippen LogP contribution in [0.15, 0.2) is 48.5 Å². The number of rotatable bonds is 5. The van der Waals surface area contributed by atoms with Gasteiger partial charge >= 0.3 is 0 Å². The van der Waals surface area contributed by atoms with Gasteiger partial charge < -0.3 is 4.90 Å². The van der Waals surface area contributed by atoms with Gasteiger partial charge in [-0.25, -0.2) is 4.98 Å². The van der Waals surface area contributed by atoms with E-state index in [9.17, 15) is 14.9 Å². The van der Waals surface area contributed by atoms with Crippen LogP contribution in [0.3, 0.4) is 0 Å². The van der Waals surface area contributed by atoms with E-state index in [0.29, 0.717) is 10.7 Å². The molecular weight excluding hydrogens is 378 g/mol. The second-order valence-corrected chi connectivity index (χ2v) is 7.27. The van der Waals surface area contributed by atoms with E-state index >= 15 is 0 Å². The van der Waals surface area contributed by atoms with Gasteiger partial charge in [0.1, 0.15) is 5.15 Å². The molecule has 0 aliphatic rings. The normalized spacial score (nSPS) is 11.0. The molecule has 0 bridgehead atoms. The molecule has 0 radical (unpaired) electrons. The van der Waals surface area contributed by atoms with Gasteiger partial charge in [-0.3, -0.25) is 14.9 Å². The topological polar surface area (TPSA) is 76.3 Å². The number of nitro benzene ring substituents is 1. The van der Waals surface area contributed by atoms with E-state index in [2.05, 4.69) is 4.98 Å². The highest BCUT2D eigenvalue weighted by molar-refractivity contribution is 6.30. The molecule has 6 nitrogen and oxygen atoms in total. The molecule has 3 rings (SSSR count). The SMILES string of the molecule is Cc1ccc(C(=O)N(Cc2cc3ccccc3nc2Cl)C(C)C)cc1[N+](=O)[O-]. The van der Waals surface area contributed by atoms with Crippen LogP contribution in [0.4, 0.5) is 5.69 Å². The third-order valence-corrected chi connectivity index (χ3v) is 4.96. The Labute approximate surface area is 167 Å². The van der Waals surface area contributed by atoms with Gasteiger partial charge in [0.2, 0.25) is 0 Å². The lowest BCUT2D eigenvalue weighted by Crippen LogP contribution is -2.36. The van der Waals surface area contributed by atoms with Crippen molar-refractivity contribution in [3.05, 3.63) is 80.5 Å². The van der Waals surface area contributed by atoms with Crippen molar-refractivity contribution in [2.75, 3.05) is 0 Å². The number of amides is 1. The fourth-order valence-corrected chi connectivity index (χ4v) is 3.23. The molecule has 7 heteroatoms. The van der Waals surface area contributed by atoms with Crippen LogP contribution in [0.2, 0.25) is 5.15 Å². The van der Waals surface area contributed by atoms with Gasteiger partial charge in [0.05, 0.1) is 10.4 Å². The molecule has 3 aromatic rings. The third-order valence-electron chi connectivity index (χ3n) is 4.63. The van der Waals surface area contributed by atoms with Gasteiger partial charge in [0.25, 0.3) is 11.6 Å². The average Bonchev–Trinajstić information content (AvgIpc) is 2.65. The molecule has 1 heterocycles. The first-order chi connectivity index (χ1) is 13.3. The Kier molecular flexibility index (Phi) is 5.61. The number of nitro groups is 1. The van der Waals surface area contributed by atoms with Crippen molar-refractivity contribution in [3.63, 3.8) is 0 Å². The highest BCUT2D eigenvalue weighted by Gasteiger charge is 2.23. The van der Waals surface area contributed by atoms with E-state index in [1.807, 2.05) is 44.2 Å². The monoisotopic (exact) mass is 397 g/mol. The van der Waals surface area contributed by atoms with Crippen LogP contribution in [0.25, 0.3) is 10.9 Å². The van der Waals surface area contributed by atoms with Gasteiger partial charge in [-0.2, -0.15) is 0 Å². The lowest BCUT2D eigenvalue weighted by molar-refractivity contribution is -0.385. The molecular formula is C21H20ClN3O3. The fourth-order valence-electron chi connectivity index (χ4n) is 3.02. The second-order valence-electron chi connectivity index (χ2n) is 6.92. The molecule has 0 atom stereocenters. The summed E-state index contributed by atoms with van der Waals surface area (Å²) in [5.74, 6) is -0.290. The molecule has 0 unspecified atom stereocenters. The molecule has 0 aliphatic carbocycles. The standard InChI is InChI=1S/C21H20ClN3O3/c1-13(2)24(21(26)16-9-8-14(3)19(11-16)25(27)28)12-17-10-15-6-4-5-7-18(15)23-20(17)22/h4-11,13H,12H2,1-3H3. The van der Waals surface area contributed by atoms with Crippen LogP contribution in [-0.4, -0.2) is 26.8 Å². The van der Waals surface area contributed by atoms with E-state index in [1.165, 1.54) is 6.07 Å². The Morgan fingerprint density at radius 3 is 2.61 bits per heavy atom. The lowest BCUT2D eigenvalue weighted by Gasteiger charge is -2.27. The van der Waals surface area contributed by atoms with Crippen molar-refractivity contribution in [2.24, 2.45) is 0 Å². The molecule has 0 aliphatic heterocycles. The number of aryl methyl sites for hydroxylation is 1. The van der Waals surface area contributed by atoms with E-state index in [-0.39, 0.29) is 29.7 Å². The van der Waals surface area contributed by atoms with E-state index in [4.69, 9.17) is 11.6 Å². The molecule has 1 amide bonds. The number of para-hydroxylation sites is 1. The van der Waals surface area contributed by atoms with Crippen molar-refractivity contribution < 1.29 is 9.72 Å². The Morgan fingerprint density at radius 2 is 1.93 bits per heavy atom. The number of halogens is 1. The molecule has 0 N–H and O–H groups in total. The summed E-state index contributed by atoms with van der Waals surface area (Å²) in [5.41, 5.74) is 2.23. The highest BCUT2D eigenvalue weighted by Crippen LogP contribution is 2.25. The van der Waals surface area contributed by atoms with Gasteiger partial charge in [-0.15, -0.1) is 0 Å². The van der Waals surface area contributed by atoms with Crippen molar-refractivity contribution in [1.29, 1.82) is 0 Å². The maximum atomic E-state index is 13.1. The molecule has 0 fully saturated rings. The third kappa shape index (κ3) is 3.97. The van der Waals surface area contributed by atoms with Gasteiger partial charge in [0, 0.05) is 40.7 Å². The summed E-state index contributed by atoms with van der Waals surface area (Å²) in [6.07, 6.45) is 0. The smallest absolute Gasteiger partial charge is 0.273 e. The number of fused-ring (bicyclic) bond motifs is 1. The van der Waals surface area contributed by atoms with Crippen LogP contribution in [0.5, 0.6) is 0 Å². The predicted molar refractivity (Wildman–Crippen MR) is 110 cm³/mol. The quantitative estimate of drug-likeness (QED) is 0.338. The first-order valence-corrected chi connectivity index (χ1v) is 9.26. The highest BCUT2D eigenvalue weighted by atomic mass is 35.5. The molecule has 144 valence electrons. The summed E-state index contributed by atoms with van der Waals surface area (Å²) in [6, 6.07) is 13.9. The number of hydrogen-bond donors (Lipinski definition) is 0. The average molecular weight is 398 g/mol. The number of pyridine rings is 1. The summed E-state index contributed by atoms with van der Waals surface area (Å²) >= 11 is 6.35. The van der Waals surface area contributed by atoms with Gasteiger partial charge in [-0.1, -0.05) is 35.9 Å². The Balaban J connectivity index is 1.96. The zero-order valence-corrected chi connectivity index (χ0v) is 16.6. The van der Waals surface area contributed by atoms with Crippen molar-refractivity contribution in [2.45, 2.75) is 33.4 Å². The predicted octanol–water partition coefficient (Wildman–Crippen LogP) is 5.16. The minimum absolute atomic E-state index is 0.0695. The van der Waals surface area contributed by atoms with Crippen LogP contribution in [0, 0.1) is 17.0 Å². The number of benzene rings is 2. The number of hydrogen-bond acceptors (Lipinski definition) is 4. The fraction of sp³-hybridized carbons (Fsp3) is 0.238. The van der Waals surface area contributed by atoms with Crippen molar-refractivity contribution in [1.82, 2.24) is 9.88 Å². The number of carbonyl (C=O) groups excluding carboxylic acids is 1. The minimum atomic E-state index is -0.476. The Hall–Kier alpha value is -2.99. The summed E-state index contributed by atoms with van der Waals surface area (Å²) in [6.45, 7) is 5.69. The maximum Gasteiger partial charge on any atom is 0.273 e. The van der Waals surface area contributed by atoms with E-state index < -0.39 is 4.92 Å². The summed E-state index contributed by atoms with van der Waals surface area (Å²) in [5, 5.41) is 12.5. The molecule has 0 saturated carbocycles. The van der Waals surface area contributed by atoms with Gasteiger partial charge in [0.15, 0.2) is 0 Å². The molecule has 28 heavy (non-hydrogen) atoms. The zero-order valence-electron chi connectivity index (χ0n) is 15.8. The number of aromatic nitrogens is 1. The van der Waals surface area contributed by atoms with Gasteiger partial charge in [-0.05, 0) is 39.0 Å². The molecule has 1 aromatic heterocycles. The summed E-state index contributed by atoms with van der Waals surface area (Å²) in [7, 11) is 0. The van der Waals surface area contributed by atoms with Crippen molar-refractivity contribution >= 4 is 34.1 Å². The van der Waals surface area contributed by atoms with E-state index in [0.717, 1.165) is 16.5 Å². The molecule has 0 saturated heterocycles. The number of carbonyl (C=O) groups is 1. The minimum Gasteiger partial charge on any atom is -0.332 e. The number of nitrogens with zero attached hydrogens (tertiary/aromatic N) is 3. The van der Waals surface area contributed by atoms with Crippen LogP contribution >= 0.6 is 11.6 Å².